The molecule has 1 atom stereocenters. The molecular weight excluding hydrogens is 192 g/mol. The number of hydrogen-bond acceptors (Lipinski definition) is 0. The number of hydrogen-bond donors (Lipinski definition) is 0. The van der Waals surface area contributed by atoms with Crippen LogP contribution in [-0.2, 0) is 0 Å². The van der Waals surface area contributed by atoms with Gasteiger partial charge in [-0.3, -0.25) is 0 Å². The minimum atomic E-state index is 0.409. The average molecular weight is 226 g/mol. The molecule has 16 heavy (non-hydrogen) atoms. The van der Waals surface area contributed by atoms with Crippen molar-refractivity contribution in [3.05, 3.63) is 0 Å². The van der Waals surface area contributed by atoms with Gasteiger partial charge in [0.15, 0.2) is 0 Å². The fourth-order valence-corrected chi connectivity index (χ4v) is 2.70. The standard InChI is InChI=1S/C16H34/c1-10-15(6,7)12-13(14(3,4)5)16(8,9)11-2/h13H,10-12H2,1-9H3. The molecule has 0 aromatic rings. The topological polar surface area (TPSA) is 0 Å². The first-order chi connectivity index (χ1) is 6.96. The second-order valence-electron chi connectivity index (χ2n) is 7.98. The predicted molar refractivity (Wildman–Crippen MR) is 75.7 cm³/mol. The molecule has 0 amide bonds. The van der Waals surface area contributed by atoms with Gasteiger partial charge >= 0.3 is 0 Å². The zero-order valence-corrected chi connectivity index (χ0v) is 13.2. The van der Waals surface area contributed by atoms with Gasteiger partial charge in [-0.05, 0) is 28.6 Å². The fourth-order valence-electron chi connectivity index (χ4n) is 2.70. The van der Waals surface area contributed by atoms with Crippen molar-refractivity contribution in [1.82, 2.24) is 0 Å². The smallest absolute Gasteiger partial charge is 0.0309 e. The molecule has 0 aromatic heterocycles. The van der Waals surface area contributed by atoms with Gasteiger partial charge in [-0.1, -0.05) is 75.2 Å². The van der Waals surface area contributed by atoms with Crippen molar-refractivity contribution in [3.8, 4) is 0 Å². The lowest BCUT2D eigenvalue weighted by Crippen LogP contribution is -2.37. The highest BCUT2D eigenvalue weighted by Crippen LogP contribution is 2.48. The third-order valence-electron chi connectivity index (χ3n) is 4.61. The van der Waals surface area contributed by atoms with Gasteiger partial charge in [-0.15, -0.1) is 0 Å². The molecule has 1 unspecified atom stereocenters. The Morgan fingerprint density at radius 3 is 1.44 bits per heavy atom. The molecular formula is C16H34. The highest BCUT2D eigenvalue weighted by atomic mass is 14.4. The van der Waals surface area contributed by atoms with Crippen LogP contribution in [0.1, 0.15) is 81.6 Å². The summed E-state index contributed by atoms with van der Waals surface area (Å²) in [6.07, 6.45) is 3.89. The van der Waals surface area contributed by atoms with Crippen molar-refractivity contribution in [2.24, 2.45) is 22.2 Å². The first kappa shape index (κ1) is 16.0. The molecule has 0 nitrogen and oxygen atoms in total. The monoisotopic (exact) mass is 226 g/mol. The van der Waals surface area contributed by atoms with Crippen LogP contribution in [0.4, 0.5) is 0 Å². The van der Waals surface area contributed by atoms with E-state index < -0.39 is 0 Å². The van der Waals surface area contributed by atoms with E-state index in [0.29, 0.717) is 16.2 Å². The second-order valence-corrected chi connectivity index (χ2v) is 7.98. The summed E-state index contributed by atoms with van der Waals surface area (Å²) < 4.78 is 0. The predicted octanol–water partition coefficient (Wildman–Crippen LogP) is 5.91. The van der Waals surface area contributed by atoms with Gasteiger partial charge in [0.2, 0.25) is 0 Å². The molecule has 0 heteroatoms. The molecule has 98 valence electrons. The van der Waals surface area contributed by atoms with Crippen molar-refractivity contribution in [2.45, 2.75) is 81.6 Å². The van der Waals surface area contributed by atoms with Gasteiger partial charge in [-0.25, -0.2) is 0 Å². The van der Waals surface area contributed by atoms with E-state index in [2.05, 4.69) is 62.3 Å². The highest BCUT2D eigenvalue weighted by Gasteiger charge is 2.39. The largest absolute Gasteiger partial charge is 0.0649 e. The molecule has 0 aliphatic rings. The molecule has 0 heterocycles. The molecule has 0 fully saturated rings. The normalized spacial score (nSPS) is 16.3. The van der Waals surface area contributed by atoms with Crippen LogP contribution in [0.5, 0.6) is 0 Å². The molecule has 0 aromatic carbocycles. The molecule has 0 radical (unpaired) electrons. The lowest BCUT2D eigenvalue weighted by molar-refractivity contribution is 0.0377. The summed E-state index contributed by atoms with van der Waals surface area (Å²) >= 11 is 0. The van der Waals surface area contributed by atoms with Crippen LogP contribution in [0.15, 0.2) is 0 Å². The maximum absolute atomic E-state index is 2.44. The van der Waals surface area contributed by atoms with Crippen molar-refractivity contribution in [2.75, 3.05) is 0 Å². The Balaban J connectivity index is 4.99. The van der Waals surface area contributed by atoms with Gasteiger partial charge < -0.3 is 0 Å². The molecule has 0 rings (SSSR count). The minimum absolute atomic E-state index is 0.409. The van der Waals surface area contributed by atoms with Crippen molar-refractivity contribution >= 4 is 0 Å². The van der Waals surface area contributed by atoms with E-state index >= 15 is 0 Å². The summed E-state index contributed by atoms with van der Waals surface area (Å²) in [5.74, 6) is 0.792. The van der Waals surface area contributed by atoms with Crippen LogP contribution in [0.2, 0.25) is 0 Å². The van der Waals surface area contributed by atoms with Crippen LogP contribution in [0.3, 0.4) is 0 Å². The molecule has 0 saturated carbocycles. The third-order valence-corrected chi connectivity index (χ3v) is 4.61. The van der Waals surface area contributed by atoms with Crippen molar-refractivity contribution in [3.63, 3.8) is 0 Å². The first-order valence-corrected chi connectivity index (χ1v) is 6.96. The third kappa shape index (κ3) is 4.47. The van der Waals surface area contributed by atoms with Crippen LogP contribution in [0, 0.1) is 22.2 Å². The zero-order chi connectivity index (χ0) is 13.2. The molecule has 0 N–H and O–H groups in total. The molecule has 0 saturated heterocycles. The van der Waals surface area contributed by atoms with E-state index in [1.165, 1.54) is 19.3 Å². The van der Waals surface area contributed by atoms with Crippen LogP contribution in [-0.4, -0.2) is 0 Å². The van der Waals surface area contributed by atoms with E-state index in [1.54, 1.807) is 0 Å². The Hall–Kier alpha value is 0. The Labute approximate surface area is 104 Å². The van der Waals surface area contributed by atoms with Crippen LogP contribution >= 0.6 is 0 Å². The maximum Gasteiger partial charge on any atom is -0.0309 e. The average Bonchev–Trinajstić information content (AvgIpc) is 2.12. The zero-order valence-electron chi connectivity index (χ0n) is 13.2. The first-order valence-electron chi connectivity index (χ1n) is 6.96. The SMILES string of the molecule is CCC(C)(C)CC(C(C)(C)C)C(C)(C)CC. The molecule has 0 spiro atoms. The summed E-state index contributed by atoms with van der Waals surface area (Å²) in [6, 6.07) is 0. The van der Waals surface area contributed by atoms with Crippen LogP contribution < -0.4 is 0 Å². The Morgan fingerprint density at radius 2 is 1.19 bits per heavy atom. The summed E-state index contributed by atoms with van der Waals surface area (Å²) in [5.41, 5.74) is 1.33. The Morgan fingerprint density at radius 1 is 0.750 bits per heavy atom. The van der Waals surface area contributed by atoms with E-state index in [0.717, 1.165) is 5.92 Å². The maximum atomic E-state index is 2.44. The fraction of sp³-hybridized carbons (Fsp3) is 1.00. The lowest BCUT2D eigenvalue weighted by atomic mass is 9.59. The molecule has 0 aliphatic carbocycles. The van der Waals surface area contributed by atoms with Crippen molar-refractivity contribution < 1.29 is 0 Å². The minimum Gasteiger partial charge on any atom is -0.0649 e. The summed E-state index contributed by atoms with van der Waals surface area (Å²) in [4.78, 5) is 0. The van der Waals surface area contributed by atoms with Gasteiger partial charge in [0, 0.05) is 0 Å². The van der Waals surface area contributed by atoms with E-state index in [4.69, 9.17) is 0 Å². The molecule has 0 bridgehead atoms. The summed E-state index contributed by atoms with van der Waals surface area (Å²) in [7, 11) is 0. The van der Waals surface area contributed by atoms with Gasteiger partial charge in [0.1, 0.15) is 0 Å². The summed E-state index contributed by atoms with van der Waals surface area (Å²) in [5, 5.41) is 0. The summed E-state index contributed by atoms with van der Waals surface area (Å²) in [6.45, 7) is 21.6. The second kappa shape index (κ2) is 5.10. The van der Waals surface area contributed by atoms with E-state index in [9.17, 15) is 0 Å². The van der Waals surface area contributed by atoms with Gasteiger partial charge in [0.25, 0.3) is 0 Å². The lowest BCUT2D eigenvalue weighted by Gasteiger charge is -2.46. The highest BCUT2D eigenvalue weighted by molar-refractivity contribution is 4.89. The van der Waals surface area contributed by atoms with Crippen molar-refractivity contribution in [1.29, 1.82) is 0 Å². The Bertz CT molecular complexity index is 203. The van der Waals surface area contributed by atoms with E-state index in [-0.39, 0.29) is 0 Å². The van der Waals surface area contributed by atoms with Crippen LogP contribution in [0.25, 0.3) is 0 Å². The van der Waals surface area contributed by atoms with Gasteiger partial charge in [-0.2, -0.15) is 0 Å². The number of rotatable bonds is 5. The Kier molecular flexibility index (Phi) is 5.10. The van der Waals surface area contributed by atoms with E-state index in [1.807, 2.05) is 0 Å². The van der Waals surface area contributed by atoms with Gasteiger partial charge in [0.05, 0.1) is 0 Å². The molecule has 0 aliphatic heterocycles. The quantitative estimate of drug-likeness (QED) is 0.546.